The molecule has 10 rings (SSSR count). The van der Waals surface area contributed by atoms with Gasteiger partial charge in [-0.25, -0.2) is 0 Å². The molecule has 0 spiro atoms. The Kier molecular flexibility index (Phi) is 7.72. The average molecular weight is 734 g/mol. The minimum atomic E-state index is -4.55. The maximum atomic E-state index is 14.7. The number of rotatable bonds is 5. The van der Waals surface area contributed by atoms with Crippen molar-refractivity contribution in [1.29, 1.82) is 0 Å². The first-order valence-corrected chi connectivity index (χ1v) is 18.6. The van der Waals surface area contributed by atoms with Crippen LogP contribution in [-0.2, 0) is 6.18 Å². The number of fused-ring (bicyclic) bond motifs is 6. The number of halogens is 3. The highest BCUT2D eigenvalue weighted by Crippen LogP contribution is 2.43. The van der Waals surface area contributed by atoms with Gasteiger partial charge in [0.05, 0.1) is 45.2 Å². The summed E-state index contributed by atoms with van der Waals surface area (Å²) in [6.45, 7) is 4.16. The van der Waals surface area contributed by atoms with Crippen molar-refractivity contribution < 1.29 is 13.2 Å². The standard InChI is InChI=1S/C50H34F3N3/c1-31-9-7-11-33(25-31)35-17-21-46-42(27-35)38-13-3-5-15-44(38)55(46)48-29-37(50(51,52)53)19-20-40(48)41-23-24-54-30-49(41)56-45-16-6-4-14-39(45)43-28-36(18-22-47(43)56)34-12-8-10-32(2)26-34/h3-30H,1-2H3. The largest absolute Gasteiger partial charge is 0.416 e. The maximum absolute atomic E-state index is 14.7. The zero-order valence-electron chi connectivity index (χ0n) is 30.6. The molecule has 0 aliphatic carbocycles. The van der Waals surface area contributed by atoms with Crippen molar-refractivity contribution in [3.05, 3.63) is 187 Å². The molecule has 0 N–H and O–H groups in total. The first-order chi connectivity index (χ1) is 27.2. The number of pyridine rings is 1. The number of hydrogen-bond acceptors (Lipinski definition) is 1. The van der Waals surface area contributed by atoms with E-state index in [1.54, 1.807) is 12.3 Å². The van der Waals surface area contributed by atoms with Crippen molar-refractivity contribution in [1.82, 2.24) is 14.1 Å². The highest BCUT2D eigenvalue weighted by atomic mass is 19.4. The Hall–Kier alpha value is -6.92. The van der Waals surface area contributed by atoms with E-state index in [0.29, 0.717) is 11.3 Å². The third-order valence-electron chi connectivity index (χ3n) is 10.9. The number of aryl methyl sites for hydroxylation is 2. The molecule has 0 amide bonds. The molecule has 7 aromatic carbocycles. The lowest BCUT2D eigenvalue weighted by Gasteiger charge is -2.20. The first kappa shape index (κ1) is 33.6. The normalized spacial score (nSPS) is 12.0. The van der Waals surface area contributed by atoms with Crippen LogP contribution >= 0.6 is 0 Å². The van der Waals surface area contributed by atoms with Crippen LogP contribution in [0.2, 0.25) is 0 Å². The smallest absolute Gasteiger partial charge is 0.309 e. The molecule has 0 saturated carbocycles. The summed E-state index contributed by atoms with van der Waals surface area (Å²) < 4.78 is 48.1. The van der Waals surface area contributed by atoms with Crippen LogP contribution in [0.25, 0.3) is 88.4 Å². The fourth-order valence-corrected chi connectivity index (χ4v) is 8.39. The molecule has 3 aromatic heterocycles. The van der Waals surface area contributed by atoms with Gasteiger partial charge in [-0.1, -0.05) is 114 Å². The molecule has 0 radical (unpaired) electrons. The monoisotopic (exact) mass is 733 g/mol. The van der Waals surface area contributed by atoms with E-state index in [9.17, 15) is 13.2 Å². The van der Waals surface area contributed by atoms with Gasteiger partial charge in [-0.3, -0.25) is 4.98 Å². The van der Waals surface area contributed by atoms with Crippen LogP contribution in [0.4, 0.5) is 13.2 Å². The van der Waals surface area contributed by atoms with Gasteiger partial charge in [0.15, 0.2) is 0 Å². The van der Waals surface area contributed by atoms with E-state index >= 15 is 0 Å². The highest BCUT2D eigenvalue weighted by molar-refractivity contribution is 6.12. The molecule has 56 heavy (non-hydrogen) atoms. The number of benzene rings is 7. The molecule has 0 bridgehead atoms. The SMILES string of the molecule is Cc1cccc(-c2ccc3c(c2)c2ccccc2n3-c2cnccc2-c2ccc(C(F)(F)F)cc2-n2c3ccccc3c3cc(-c4cccc(C)c4)ccc32)c1. The van der Waals surface area contributed by atoms with E-state index in [1.165, 1.54) is 17.7 Å². The van der Waals surface area contributed by atoms with Crippen molar-refractivity contribution in [2.45, 2.75) is 20.0 Å². The van der Waals surface area contributed by atoms with Gasteiger partial charge in [0, 0.05) is 38.9 Å². The van der Waals surface area contributed by atoms with Gasteiger partial charge in [-0.2, -0.15) is 13.2 Å². The van der Waals surface area contributed by atoms with E-state index in [-0.39, 0.29) is 0 Å². The van der Waals surface area contributed by atoms with Crippen molar-refractivity contribution in [2.75, 3.05) is 0 Å². The Morgan fingerprint density at radius 3 is 1.48 bits per heavy atom. The fraction of sp³-hybridized carbons (Fsp3) is 0.0600. The van der Waals surface area contributed by atoms with Gasteiger partial charge in [0.25, 0.3) is 0 Å². The number of para-hydroxylation sites is 2. The molecule has 0 aliphatic rings. The van der Waals surface area contributed by atoms with Crippen molar-refractivity contribution in [3.8, 4) is 44.8 Å². The Bertz CT molecular complexity index is 3160. The van der Waals surface area contributed by atoms with Crippen LogP contribution in [0, 0.1) is 13.8 Å². The summed E-state index contributed by atoms with van der Waals surface area (Å²) in [4.78, 5) is 4.60. The number of hydrogen-bond donors (Lipinski definition) is 0. The molecule has 6 heteroatoms. The lowest BCUT2D eigenvalue weighted by Crippen LogP contribution is -2.08. The van der Waals surface area contributed by atoms with Gasteiger partial charge in [-0.15, -0.1) is 0 Å². The van der Waals surface area contributed by atoms with E-state index in [2.05, 4.69) is 108 Å². The summed E-state index contributed by atoms with van der Waals surface area (Å²) in [5.74, 6) is 0. The lowest BCUT2D eigenvalue weighted by atomic mass is 9.99. The Morgan fingerprint density at radius 1 is 0.429 bits per heavy atom. The average Bonchev–Trinajstić information content (AvgIpc) is 3.72. The molecule has 0 unspecified atom stereocenters. The summed E-state index contributed by atoms with van der Waals surface area (Å²) in [5.41, 5.74) is 12.2. The maximum Gasteiger partial charge on any atom is 0.416 e. The molecule has 270 valence electrons. The zero-order valence-corrected chi connectivity index (χ0v) is 30.6. The number of aromatic nitrogens is 3. The van der Waals surface area contributed by atoms with Gasteiger partial charge in [-0.05, 0) is 90.7 Å². The summed E-state index contributed by atoms with van der Waals surface area (Å²) in [5, 5.41) is 4.08. The lowest BCUT2D eigenvalue weighted by molar-refractivity contribution is -0.137. The molecule has 0 atom stereocenters. The van der Waals surface area contributed by atoms with E-state index < -0.39 is 11.7 Å². The minimum Gasteiger partial charge on any atom is -0.309 e. The van der Waals surface area contributed by atoms with Crippen LogP contribution in [-0.4, -0.2) is 14.1 Å². The summed E-state index contributed by atoms with van der Waals surface area (Å²) in [7, 11) is 0. The summed E-state index contributed by atoms with van der Waals surface area (Å²) in [6.07, 6.45) is -1.02. The second kappa shape index (κ2) is 12.8. The van der Waals surface area contributed by atoms with Crippen LogP contribution in [0.3, 0.4) is 0 Å². The van der Waals surface area contributed by atoms with E-state index in [0.717, 1.165) is 82.7 Å². The van der Waals surface area contributed by atoms with Gasteiger partial charge >= 0.3 is 6.18 Å². The second-order valence-corrected chi connectivity index (χ2v) is 14.5. The second-order valence-electron chi connectivity index (χ2n) is 14.5. The third kappa shape index (κ3) is 5.48. The van der Waals surface area contributed by atoms with E-state index in [1.807, 2.05) is 65.4 Å². The molecule has 10 aromatic rings. The quantitative estimate of drug-likeness (QED) is 0.173. The molecular weight excluding hydrogens is 700 g/mol. The first-order valence-electron chi connectivity index (χ1n) is 18.6. The molecule has 0 saturated heterocycles. The van der Waals surface area contributed by atoms with Crippen molar-refractivity contribution in [3.63, 3.8) is 0 Å². The Labute approximate surface area is 321 Å². The molecule has 3 nitrogen and oxygen atoms in total. The van der Waals surface area contributed by atoms with Crippen molar-refractivity contribution in [2.24, 2.45) is 0 Å². The fourth-order valence-electron chi connectivity index (χ4n) is 8.39. The predicted molar refractivity (Wildman–Crippen MR) is 224 cm³/mol. The topological polar surface area (TPSA) is 22.8 Å². The van der Waals surface area contributed by atoms with Gasteiger partial charge < -0.3 is 9.13 Å². The summed E-state index contributed by atoms with van der Waals surface area (Å²) in [6, 6.07) is 51.8. The highest BCUT2D eigenvalue weighted by Gasteiger charge is 2.32. The van der Waals surface area contributed by atoms with Crippen molar-refractivity contribution >= 4 is 43.6 Å². The van der Waals surface area contributed by atoms with Crippen LogP contribution in [0.15, 0.2) is 170 Å². The summed E-state index contributed by atoms with van der Waals surface area (Å²) >= 11 is 0. The molecule has 3 heterocycles. The van der Waals surface area contributed by atoms with Crippen LogP contribution < -0.4 is 0 Å². The number of alkyl halides is 3. The zero-order chi connectivity index (χ0) is 38.1. The van der Waals surface area contributed by atoms with Crippen LogP contribution in [0.1, 0.15) is 16.7 Å². The predicted octanol–water partition coefficient (Wildman–Crippen LogP) is 13.9. The number of nitrogens with zero attached hydrogens (tertiary/aromatic N) is 3. The molecular formula is C50H34F3N3. The Balaban J connectivity index is 1.24. The van der Waals surface area contributed by atoms with Crippen LogP contribution in [0.5, 0.6) is 0 Å². The van der Waals surface area contributed by atoms with Gasteiger partial charge in [0.1, 0.15) is 0 Å². The van der Waals surface area contributed by atoms with E-state index in [4.69, 9.17) is 0 Å². The Morgan fingerprint density at radius 2 is 0.929 bits per heavy atom. The minimum absolute atomic E-state index is 0.435. The molecule has 0 fully saturated rings. The third-order valence-corrected chi connectivity index (χ3v) is 10.9. The van der Waals surface area contributed by atoms with Gasteiger partial charge in [0.2, 0.25) is 0 Å². The molecule has 0 aliphatic heterocycles.